The molecule has 1 amide bonds. The lowest BCUT2D eigenvalue weighted by Crippen LogP contribution is -2.44. The molecule has 0 saturated carbocycles. The van der Waals surface area contributed by atoms with Crippen molar-refractivity contribution in [3.05, 3.63) is 58.7 Å². The van der Waals surface area contributed by atoms with Gasteiger partial charge in [0, 0.05) is 11.3 Å². The number of carbonyl (C=O) groups excluding carboxylic acids is 2. The molecule has 2 aromatic carbocycles. The first-order valence-electron chi connectivity index (χ1n) is 10.0. The molecular weight excluding hydrogens is 354 g/mol. The van der Waals surface area contributed by atoms with Crippen molar-refractivity contribution in [1.29, 1.82) is 0 Å². The second-order valence-corrected chi connectivity index (χ2v) is 7.73. The van der Waals surface area contributed by atoms with Gasteiger partial charge in [-0.3, -0.25) is 14.5 Å². The molecule has 0 aromatic heterocycles. The Kier molecular flexibility index (Phi) is 3.93. The van der Waals surface area contributed by atoms with Crippen LogP contribution < -0.4 is 9.64 Å². The molecule has 144 valence electrons. The van der Waals surface area contributed by atoms with E-state index < -0.39 is 11.4 Å². The zero-order valence-electron chi connectivity index (χ0n) is 16.0. The topological polar surface area (TPSA) is 55.8 Å². The number of fused-ring (bicyclic) bond motifs is 5. The molecule has 5 nitrogen and oxygen atoms in total. The number of ether oxygens (including phenoxy) is 2. The largest absolute Gasteiger partial charge is 0.491 e. The van der Waals surface area contributed by atoms with Gasteiger partial charge in [-0.15, -0.1) is 0 Å². The van der Waals surface area contributed by atoms with Gasteiger partial charge in [-0.25, -0.2) is 0 Å². The number of amides is 1. The van der Waals surface area contributed by atoms with Gasteiger partial charge < -0.3 is 9.47 Å². The van der Waals surface area contributed by atoms with Crippen LogP contribution in [0.3, 0.4) is 0 Å². The predicted molar refractivity (Wildman–Crippen MR) is 105 cm³/mol. The summed E-state index contributed by atoms with van der Waals surface area (Å²) >= 11 is 0. The Balaban J connectivity index is 1.64. The Morgan fingerprint density at radius 2 is 1.89 bits per heavy atom. The molecule has 0 bridgehead atoms. The molecular formula is C23H23NO4. The summed E-state index contributed by atoms with van der Waals surface area (Å²) in [6.07, 6.45) is 4.49. The fourth-order valence-electron chi connectivity index (χ4n) is 4.90. The predicted octanol–water partition coefficient (Wildman–Crippen LogP) is 3.15. The van der Waals surface area contributed by atoms with Gasteiger partial charge in [0.1, 0.15) is 24.3 Å². The summed E-state index contributed by atoms with van der Waals surface area (Å²) < 4.78 is 11.2. The van der Waals surface area contributed by atoms with Gasteiger partial charge in [0.2, 0.25) is 5.91 Å². The lowest BCUT2D eigenvalue weighted by molar-refractivity contribution is -0.142. The van der Waals surface area contributed by atoms with Gasteiger partial charge in [-0.05, 0) is 61.4 Å². The maximum absolute atomic E-state index is 13.7. The molecule has 0 saturated heterocycles. The van der Waals surface area contributed by atoms with Crippen molar-refractivity contribution in [3.8, 4) is 5.75 Å². The van der Waals surface area contributed by atoms with Crippen LogP contribution in [-0.4, -0.2) is 31.6 Å². The number of nitrogens with zero attached hydrogens (tertiary/aromatic N) is 1. The third-order valence-corrected chi connectivity index (χ3v) is 6.21. The fourth-order valence-corrected chi connectivity index (χ4v) is 4.90. The minimum absolute atomic E-state index is 0.0777. The zero-order valence-corrected chi connectivity index (χ0v) is 16.0. The molecule has 3 aliphatic rings. The standard InChI is InChI=1S/C23H23NO4/c1-2-27-21(25)13-24-19-10-6-5-9-17(19)23(22(24)26)14-28-20-12-16-8-4-3-7-15(16)11-18(20)23/h5-6,9-12H,2-4,7-8,13-14H2,1H3. The average molecular weight is 377 g/mol. The summed E-state index contributed by atoms with van der Waals surface area (Å²) in [4.78, 5) is 27.4. The highest BCUT2D eigenvalue weighted by Gasteiger charge is 2.57. The average Bonchev–Trinajstić information content (AvgIpc) is 3.19. The maximum atomic E-state index is 13.7. The van der Waals surface area contributed by atoms with Crippen LogP contribution in [0.25, 0.3) is 0 Å². The molecule has 28 heavy (non-hydrogen) atoms. The van der Waals surface area contributed by atoms with Crippen LogP contribution in [0.5, 0.6) is 5.75 Å². The maximum Gasteiger partial charge on any atom is 0.326 e. The van der Waals surface area contributed by atoms with Crippen molar-refractivity contribution in [2.45, 2.75) is 38.0 Å². The number of para-hydroxylation sites is 1. The Morgan fingerprint density at radius 3 is 2.68 bits per heavy atom. The van der Waals surface area contributed by atoms with Crippen LogP contribution in [0, 0.1) is 0 Å². The molecule has 1 unspecified atom stereocenters. The molecule has 1 spiro atoms. The molecule has 1 atom stereocenters. The van der Waals surface area contributed by atoms with Crippen molar-refractivity contribution in [1.82, 2.24) is 0 Å². The SMILES string of the molecule is CCOC(=O)CN1C(=O)C2(COc3cc4c(cc32)CCCC4)c2ccccc21. The quantitative estimate of drug-likeness (QED) is 0.771. The van der Waals surface area contributed by atoms with Crippen molar-refractivity contribution >= 4 is 17.6 Å². The third-order valence-electron chi connectivity index (χ3n) is 6.21. The summed E-state index contributed by atoms with van der Waals surface area (Å²) in [6.45, 7) is 2.27. The lowest BCUT2D eigenvalue weighted by Gasteiger charge is -2.24. The second-order valence-electron chi connectivity index (χ2n) is 7.73. The Hall–Kier alpha value is -2.82. The summed E-state index contributed by atoms with van der Waals surface area (Å²) in [5.41, 5.74) is 4.42. The van der Waals surface area contributed by atoms with Gasteiger partial charge >= 0.3 is 5.97 Å². The number of hydrogen-bond acceptors (Lipinski definition) is 4. The first-order chi connectivity index (χ1) is 13.6. The van der Waals surface area contributed by atoms with Crippen LogP contribution >= 0.6 is 0 Å². The number of esters is 1. The van der Waals surface area contributed by atoms with Crippen molar-refractivity contribution in [3.63, 3.8) is 0 Å². The number of anilines is 1. The van der Waals surface area contributed by atoms with Crippen LogP contribution in [0.15, 0.2) is 36.4 Å². The molecule has 5 rings (SSSR count). The molecule has 2 aromatic rings. The minimum Gasteiger partial charge on any atom is -0.491 e. The smallest absolute Gasteiger partial charge is 0.326 e. The highest BCUT2D eigenvalue weighted by atomic mass is 16.5. The highest BCUT2D eigenvalue weighted by Crippen LogP contribution is 2.53. The number of hydrogen-bond donors (Lipinski definition) is 0. The van der Waals surface area contributed by atoms with Gasteiger partial charge in [-0.1, -0.05) is 24.3 Å². The van der Waals surface area contributed by atoms with E-state index in [0.29, 0.717) is 6.61 Å². The molecule has 0 fully saturated rings. The Bertz CT molecular complexity index is 983. The summed E-state index contributed by atoms with van der Waals surface area (Å²) in [5, 5.41) is 0. The van der Waals surface area contributed by atoms with E-state index in [-0.39, 0.29) is 19.1 Å². The first kappa shape index (κ1) is 17.3. The summed E-state index contributed by atoms with van der Waals surface area (Å²) in [6, 6.07) is 12.0. The Labute approximate surface area is 164 Å². The van der Waals surface area contributed by atoms with Crippen molar-refractivity contribution < 1.29 is 19.1 Å². The molecule has 1 aliphatic carbocycles. The van der Waals surface area contributed by atoms with Crippen LogP contribution in [-0.2, 0) is 32.6 Å². The molecule has 0 N–H and O–H groups in total. The first-order valence-corrected chi connectivity index (χ1v) is 10.0. The number of rotatable bonds is 3. The van der Waals surface area contributed by atoms with Crippen LogP contribution in [0.1, 0.15) is 42.0 Å². The van der Waals surface area contributed by atoms with Gasteiger partial charge in [-0.2, -0.15) is 0 Å². The van der Waals surface area contributed by atoms with Crippen molar-refractivity contribution in [2.24, 2.45) is 0 Å². The molecule has 5 heteroatoms. The summed E-state index contributed by atoms with van der Waals surface area (Å²) in [5.74, 6) is 0.310. The van der Waals surface area contributed by atoms with Crippen LogP contribution in [0.2, 0.25) is 0 Å². The van der Waals surface area contributed by atoms with E-state index in [2.05, 4.69) is 12.1 Å². The second kappa shape index (κ2) is 6.36. The van der Waals surface area contributed by atoms with E-state index >= 15 is 0 Å². The fraction of sp³-hybridized carbons (Fsp3) is 0.391. The highest BCUT2D eigenvalue weighted by molar-refractivity contribution is 6.13. The normalized spacial score (nSPS) is 21.9. The van der Waals surface area contributed by atoms with E-state index in [0.717, 1.165) is 35.4 Å². The van der Waals surface area contributed by atoms with E-state index in [1.54, 1.807) is 11.8 Å². The molecule has 2 aliphatic heterocycles. The monoisotopic (exact) mass is 377 g/mol. The van der Waals surface area contributed by atoms with E-state index in [9.17, 15) is 9.59 Å². The number of aryl methyl sites for hydroxylation is 2. The van der Waals surface area contributed by atoms with E-state index in [1.165, 1.54) is 24.0 Å². The van der Waals surface area contributed by atoms with E-state index in [1.807, 2.05) is 24.3 Å². The Morgan fingerprint density at radius 1 is 1.14 bits per heavy atom. The van der Waals surface area contributed by atoms with Gasteiger partial charge in [0.15, 0.2) is 0 Å². The molecule has 2 heterocycles. The van der Waals surface area contributed by atoms with E-state index in [4.69, 9.17) is 9.47 Å². The minimum atomic E-state index is -0.870. The van der Waals surface area contributed by atoms with Gasteiger partial charge in [0.25, 0.3) is 0 Å². The number of benzene rings is 2. The zero-order chi connectivity index (χ0) is 19.3. The van der Waals surface area contributed by atoms with Crippen LogP contribution in [0.4, 0.5) is 5.69 Å². The summed E-state index contributed by atoms with van der Waals surface area (Å²) in [7, 11) is 0. The van der Waals surface area contributed by atoms with Crippen molar-refractivity contribution in [2.75, 3.05) is 24.7 Å². The lowest BCUT2D eigenvalue weighted by atomic mass is 9.75. The third kappa shape index (κ3) is 2.32. The number of carbonyl (C=O) groups is 2. The van der Waals surface area contributed by atoms with Gasteiger partial charge in [0.05, 0.1) is 6.61 Å². The molecule has 0 radical (unpaired) electrons.